The minimum absolute atomic E-state index is 0. The van der Waals surface area contributed by atoms with Crippen molar-refractivity contribution in [3.63, 3.8) is 0 Å². The highest BCUT2D eigenvalue weighted by Crippen LogP contribution is 2.21. The fourth-order valence-corrected chi connectivity index (χ4v) is 4.61. The second kappa shape index (κ2) is 13.5. The van der Waals surface area contributed by atoms with Gasteiger partial charge in [0.05, 0.1) is 0 Å². The van der Waals surface area contributed by atoms with Crippen LogP contribution in [-0.2, 0) is 4.74 Å². The zero-order chi connectivity index (χ0) is 20.4. The van der Waals surface area contributed by atoms with Gasteiger partial charge in [-0.15, -0.1) is 35.3 Å². The molecule has 0 unspecified atom stereocenters. The van der Waals surface area contributed by atoms with Crippen LogP contribution in [0.5, 0.6) is 0 Å². The molecule has 0 atom stereocenters. The summed E-state index contributed by atoms with van der Waals surface area (Å²) in [4.78, 5) is 20.5. The van der Waals surface area contributed by atoms with Gasteiger partial charge in [0.1, 0.15) is 9.94 Å². The Morgan fingerprint density at radius 3 is 2.48 bits per heavy atom. The number of amides is 1. The molecule has 0 saturated heterocycles. The number of aliphatic imine (C=N–C) groups is 1. The van der Waals surface area contributed by atoms with Crippen LogP contribution in [0.25, 0.3) is 0 Å². The van der Waals surface area contributed by atoms with Crippen molar-refractivity contribution in [2.75, 3.05) is 19.3 Å². The lowest BCUT2D eigenvalue weighted by Gasteiger charge is -2.31. The number of guanidine groups is 1. The Balaban J connectivity index is 0.00000420. The van der Waals surface area contributed by atoms with Crippen LogP contribution in [0.15, 0.2) is 20.9 Å². The molecule has 0 aromatic carbocycles. The first kappa shape index (κ1) is 26.3. The zero-order valence-electron chi connectivity index (χ0n) is 17.7. The lowest BCUT2D eigenvalue weighted by Crippen LogP contribution is -2.48. The molecule has 0 bridgehead atoms. The number of hydrogen-bond donors (Lipinski definition) is 3. The lowest BCUT2D eigenvalue weighted by atomic mass is 9.91. The van der Waals surface area contributed by atoms with Gasteiger partial charge in [0.15, 0.2) is 5.96 Å². The van der Waals surface area contributed by atoms with E-state index in [4.69, 9.17) is 4.74 Å². The molecular formula is C19H34IN5O2S2. The number of carbonyl (C=O) groups excluding carboxylic acids is 1. The van der Waals surface area contributed by atoms with E-state index in [-0.39, 0.29) is 36.1 Å². The molecule has 2 rings (SSSR count). The Kier molecular flexibility index (Phi) is 12.3. The number of nitrogens with zero attached hydrogens (tertiary/aromatic N) is 2. The van der Waals surface area contributed by atoms with Crippen molar-refractivity contribution < 1.29 is 9.53 Å². The molecule has 1 aromatic heterocycles. The molecule has 1 heterocycles. The monoisotopic (exact) mass is 555 g/mol. The van der Waals surface area contributed by atoms with Crippen LogP contribution < -0.4 is 16.0 Å². The molecule has 1 saturated carbocycles. The molecule has 1 fully saturated rings. The van der Waals surface area contributed by atoms with Crippen LogP contribution >= 0.6 is 47.1 Å². The van der Waals surface area contributed by atoms with Crippen molar-refractivity contribution >= 4 is 59.1 Å². The minimum Gasteiger partial charge on any atom is -0.444 e. The number of hydrogen-bond acceptors (Lipinski definition) is 6. The van der Waals surface area contributed by atoms with E-state index in [1.54, 1.807) is 30.1 Å². The first-order chi connectivity index (χ1) is 13.4. The molecular weight excluding hydrogens is 521 g/mol. The molecule has 1 amide bonds. The number of carbonyl (C=O) groups is 1. The van der Waals surface area contributed by atoms with E-state index in [0.29, 0.717) is 6.04 Å². The third-order valence-corrected chi connectivity index (χ3v) is 6.31. The zero-order valence-corrected chi connectivity index (χ0v) is 21.7. The number of nitrogens with one attached hydrogen (secondary N) is 3. The second-order valence-electron chi connectivity index (χ2n) is 7.84. The summed E-state index contributed by atoms with van der Waals surface area (Å²) in [5.74, 6) is 1.89. The SMILES string of the molecule is CN=C(NCCCSc1nccs1)NC1CCC(NC(=O)OC(C)(C)C)CC1.I. The molecule has 7 nitrogen and oxygen atoms in total. The van der Waals surface area contributed by atoms with Crippen LogP contribution in [0.3, 0.4) is 0 Å². The first-order valence-corrected chi connectivity index (χ1v) is 11.7. The van der Waals surface area contributed by atoms with Crippen molar-refractivity contribution in [3.05, 3.63) is 11.6 Å². The van der Waals surface area contributed by atoms with Gasteiger partial charge in [-0.3, -0.25) is 4.99 Å². The predicted molar refractivity (Wildman–Crippen MR) is 133 cm³/mol. The molecule has 10 heteroatoms. The first-order valence-electron chi connectivity index (χ1n) is 9.84. The Morgan fingerprint density at radius 1 is 1.28 bits per heavy atom. The van der Waals surface area contributed by atoms with Crippen LogP contribution in [0.2, 0.25) is 0 Å². The van der Waals surface area contributed by atoms with E-state index in [2.05, 4.69) is 25.9 Å². The molecule has 1 aliphatic rings. The van der Waals surface area contributed by atoms with Gasteiger partial charge in [-0.05, 0) is 52.9 Å². The highest BCUT2D eigenvalue weighted by molar-refractivity contribution is 14.0. The molecule has 166 valence electrons. The van der Waals surface area contributed by atoms with Gasteiger partial charge in [-0.1, -0.05) is 11.8 Å². The van der Waals surface area contributed by atoms with E-state index in [0.717, 1.165) is 54.7 Å². The maximum atomic E-state index is 11.9. The Hall–Kier alpha value is -0.750. The van der Waals surface area contributed by atoms with Crippen molar-refractivity contribution in [2.24, 2.45) is 4.99 Å². The average molecular weight is 556 g/mol. The molecule has 1 aromatic rings. The summed E-state index contributed by atoms with van der Waals surface area (Å²) in [6.45, 7) is 6.52. The fraction of sp³-hybridized carbons (Fsp3) is 0.737. The molecule has 1 aliphatic carbocycles. The number of alkyl carbamates (subject to hydrolysis) is 1. The molecule has 0 aliphatic heterocycles. The van der Waals surface area contributed by atoms with E-state index in [9.17, 15) is 4.79 Å². The highest BCUT2D eigenvalue weighted by atomic mass is 127. The summed E-state index contributed by atoms with van der Waals surface area (Å²) in [6.07, 6.45) is 6.46. The van der Waals surface area contributed by atoms with E-state index in [1.165, 1.54) is 0 Å². The number of thiazole rings is 1. The van der Waals surface area contributed by atoms with Crippen LogP contribution in [0.1, 0.15) is 52.9 Å². The summed E-state index contributed by atoms with van der Waals surface area (Å²) < 4.78 is 6.46. The summed E-state index contributed by atoms with van der Waals surface area (Å²) in [6, 6.07) is 0.568. The maximum Gasteiger partial charge on any atom is 0.407 e. The number of aromatic nitrogens is 1. The van der Waals surface area contributed by atoms with Crippen molar-refractivity contribution in [1.82, 2.24) is 20.9 Å². The molecule has 0 radical (unpaired) electrons. The normalized spacial score (nSPS) is 19.8. The van der Waals surface area contributed by atoms with Crippen LogP contribution in [0.4, 0.5) is 4.79 Å². The topological polar surface area (TPSA) is 87.6 Å². The van der Waals surface area contributed by atoms with Crippen molar-refractivity contribution in [1.29, 1.82) is 0 Å². The summed E-state index contributed by atoms with van der Waals surface area (Å²) in [5, 5.41) is 11.9. The standard InChI is InChI=1S/C19H33N5O2S2.HI/c1-19(2,3)26-17(25)24-15-8-6-14(7-9-15)23-16(20-4)21-10-5-12-27-18-22-11-13-28-18;/h11,13-15H,5-10,12H2,1-4H3,(H,24,25)(H2,20,21,23);1H. The fourth-order valence-electron chi connectivity index (χ4n) is 2.96. The van der Waals surface area contributed by atoms with Gasteiger partial charge in [0.25, 0.3) is 0 Å². The third-order valence-electron chi connectivity index (χ3n) is 4.26. The minimum atomic E-state index is -0.459. The molecule has 29 heavy (non-hydrogen) atoms. The smallest absolute Gasteiger partial charge is 0.407 e. The second-order valence-corrected chi connectivity index (χ2v) is 10.1. The Bertz CT molecular complexity index is 615. The van der Waals surface area contributed by atoms with Gasteiger partial charge in [0.2, 0.25) is 0 Å². The van der Waals surface area contributed by atoms with Gasteiger partial charge in [-0.25, -0.2) is 9.78 Å². The molecule has 0 spiro atoms. The summed E-state index contributed by atoms with van der Waals surface area (Å²) >= 11 is 3.48. The summed E-state index contributed by atoms with van der Waals surface area (Å²) in [5.41, 5.74) is -0.459. The highest BCUT2D eigenvalue weighted by Gasteiger charge is 2.25. The Morgan fingerprint density at radius 2 is 1.93 bits per heavy atom. The predicted octanol–water partition coefficient (Wildman–Crippen LogP) is 4.24. The van der Waals surface area contributed by atoms with Crippen LogP contribution in [0, 0.1) is 0 Å². The van der Waals surface area contributed by atoms with E-state index in [1.807, 2.05) is 32.3 Å². The summed E-state index contributed by atoms with van der Waals surface area (Å²) in [7, 11) is 1.80. The largest absolute Gasteiger partial charge is 0.444 e. The maximum absolute atomic E-state index is 11.9. The van der Waals surface area contributed by atoms with Gasteiger partial charge >= 0.3 is 6.09 Å². The Labute approximate surface area is 199 Å². The third kappa shape index (κ3) is 11.3. The van der Waals surface area contributed by atoms with Gasteiger partial charge in [-0.2, -0.15) is 0 Å². The van der Waals surface area contributed by atoms with Crippen molar-refractivity contribution in [3.8, 4) is 0 Å². The number of rotatable bonds is 7. The van der Waals surface area contributed by atoms with E-state index < -0.39 is 5.60 Å². The average Bonchev–Trinajstić information content (AvgIpc) is 3.13. The van der Waals surface area contributed by atoms with Crippen molar-refractivity contribution in [2.45, 2.75) is 74.9 Å². The van der Waals surface area contributed by atoms with Crippen LogP contribution in [-0.4, -0.2) is 54.1 Å². The van der Waals surface area contributed by atoms with E-state index >= 15 is 0 Å². The van der Waals surface area contributed by atoms with Gasteiger partial charge < -0.3 is 20.7 Å². The number of thioether (sulfide) groups is 1. The number of halogens is 1. The van der Waals surface area contributed by atoms with Gasteiger partial charge in [0, 0.05) is 43.0 Å². The quantitative estimate of drug-likeness (QED) is 0.153. The lowest BCUT2D eigenvalue weighted by molar-refractivity contribution is 0.0490. The molecule has 3 N–H and O–H groups in total. The number of ether oxygens (including phenoxy) is 1.